The summed E-state index contributed by atoms with van der Waals surface area (Å²) in [7, 11) is 0. The Kier molecular flexibility index (Phi) is 8.64. The summed E-state index contributed by atoms with van der Waals surface area (Å²) in [6.45, 7) is 8.59. The van der Waals surface area contributed by atoms with Crippen molar-refractivity contribution in [2.75, 3.05) is 24.8 Å². The largest absolute Gasteiger partial charge is 0.504 e. The van der Waals surface area contributed by atoms with Crippen LogP contribution in [-0.2, 0) is 39.0 Å². The van der Waals surface area contributed by atoms with Gasteiger partial charge in [-0.15, -0.1) is 0 Å². The van der Waals surface area contributed by atoms with Crippen molar-refractivity contribution in [3.05, 3.63) is 89.0 Å². The van der Waals surface area contributed by atoms with Crippen LogP contribution in [0, 0.1) is 11.8 Å². The van der Waals surface area contributed by atoms with Crippen molar-refractivity contribution >= 4 is 11.7 Å². The highest BCUT2D eigenvalue weighted by Gasteiger charge is 2.67. The number of aryl methyl sites for hydroxylation is 2. The highest BCUT2D eigenvalue weighted by atomic mass is 16.7. The van der Waals surface area contributed by atoms with Gasteiger partial charge in [-0.25, -0.2) is 5.06 Å². The summed E-state index contributed by atoms with van der Waals surface area (Å²) in [5.41, 5.74) is 5.31. The molecule has 2 bridgehead atoms. The fraction of sp³-hybridized carbons (Fsp3) is 0.548. The van der Waals surface area contributed by atoms with E-state index in [1.165, 1.54) is 36.1 Å². The zero-order valence-corrected chi connectivity index (χ0v) is 29.4. The average Bonchev–Trinajstić information content (AvgIpc) is 3.83. The number of nitrogens with zero attached hydrogens (tertiary/aromatic N) is 2. The Labute approximate surface area is 291 Å². The highest BCUT2D eigenvalue weighted by Crippen LogP contribution is 2.64. The van der Waals surface area contributed by atoms with Crippen molar-refractivity contribution in [2.45, 2.75) is 114 Å². The van der Waals surface area contributed by atoms with Crippen LogP contribution in [0.4, 0.5) is 5.69 Å². The van der Waals surface area contributed by atoms with Crippen molar-refractivity contribution in [3.63, 3.8) is 0 Å². The maximum atomic E-state index is 12.8. The molecule has 2 heterocycles. The number of hydrogen-bond acceptors (Lipinski definition) is 7. The zero-order chi connectivity index (χ0) is 33.8. The smallest absolute Gasteiger partial charge is 0.306 e. The molecule has 2 saturated carbocycles. The molecule has 1 N–H and O–H groups in total. The Bertz CT molecular complexity index is 1670. The Morgan fingerprint density at radius 3 is 2.59 bits per heavy atom. The highest BCUT2D eigenvalue weighted by molar-refractivity contribution is 5.71. The standard InChI is InChI=1S/C42H52N2O5/c1-41(2,3)49-37(46)22-18-30-13-7-8-14-33(30)44(47-25-9-12-28-10-5-4-6-11-28)34-20-19-32-35-26-31-17-21-36(45)39-38(31)42(32,40(34)48-39)23-24-43(35)27-29-15-16-29/h4-8,10-11,13-14,17,21,29,32,34-35,40,45H,9,12,15-16,18-20,22-27H2,1-3H3/t32-,34+,35+,40-,42-/m0/s1. The fourth-order valence-electron chi connectivity index (χ4n) is 9.69. The number of carbonyl (C=O) groups is 1. The van der Waals surface area contributed by atoms with Gasteiger partial charge in [0.05, 0.1) is 18.3 Å². The lowest BCUT2D eigenvalue weighted by atomic mass is 9.51. The summed E-state index contributed by atoms with van der Waals surface area (Å²) in [5.74, 6) is 2.11. The molecule has 1 spiro atoms. The van der Waals surface area contributed by atoms with Crippen LogP contribution in [0.3, 0.4) is 0 Å². The molecule has 3 aliphatic carbocycles. The Morgan fingerprint density at radius 1 is 1.00 bits per heavy atom. The van der Waals surface area contributed by atoms with E-state index in [4.69, 9.17) is 14.3 Å². The minimum atomic E-state index is -0.520. The minimum Gasteiger partial charge on any atom is -0.504 e. The quantitative estimate of drug-likeness (QED) is 0.122. The lowest BCUT2D eigenvalue weighted by Crippen LogP contribution is -2.69. The summed E-state index contributed by atoms with van der Waals surface area (Å²) < 4.78 is 12.7. The van der Waals surface area contributed by atoms with Gasteiger partial charge in [-0.05, 0) is 126 Å². The number of para-hydroxylation sites is 1. The molecule has 3 aromatic rings. The molecule has 0 radical (unpaired) electrons. The van der Waals surface area contributed by atoms with Gasteiger partial charge in [0.2, 0.25) is 0 Å². The summed E-state index contributed by atoms with van der Waals surface area (Å²) in [6.07, 6.45) is 9.37. The molecular formula is C42H52N2O5. The molecule has 0 unspecified atom stereocenters. The van der Waals surface area contributed by atoms with E-state index in [9.17, 15) is 9.90 Å². The number of phenols is 1. The zero-order valence-electron chi connectivity index (χ0n) is 29.4. The SMILES string of the molecule is CC(C)(C)OC(=O)CCc1ccccc1N(OCCCc1ccccc1)[C@@H]1CC[C@H]2[C@H]3Cc4ccc(O)c5c4[C@@]2(CCN3CC2CC2)[C@H]1O5. The van der Waals surface area contributed by atoms with Crippen LogP contribution < -0.4 is 9.80 Å². The number of esters is 1. The normalized spacial score (nSPS) is 26.9. The van der Waals surface area contributed by atoms with Gasteiger partial charge in [-0.2, -0.15) is 0 Å². The summed E-state index contributed by atoms with van der Waals surface area (Å²) in [6, 6.07) is 23.4. The summed E-state index contributed by atoms with van der Waals surface area (Å²) in [4.78, 5) is 22.6. The molecule has 7 nitrogen and oxygen atoms in total. The van der Waals surface area contributed by atoms with Gasteiger partial charge in [0, 0.05) is 30.0 Å². The molecular weight excluding hydrogens is 612 g/mol. The van der Waals surface area contributed by atoms with Crippen molar-refractivity contribution in [1.82, 2.24) is 4.90 Å². The predicted octanol–water partition coefficient (Wildman–Crippen LogP) is 7.56. The van der Waals surface area contributed by atoms with Gasteiger partial charge in [-0.1, -0.05) is 54.6 Å². The maximum absolute atomic E-state index is 12.8. The molecule has 0 amide bonds. The van der Waals surface area contributed by atoms with E-state index in [1.807, 2.05) is 32.9 Å². The third kappa shape index (κ3) is 6.22. The van der Waals surface area contributed by atoms with Crippen LogP contribution in [0.25, 0.3) is 0 Å². The van der Waals surface area contributed by atoms with E-state index in [0.717, 1.165) is 62.2 Å². The lowest BCUT2D eigenvalue weighted by Gasteiger charge is -2.60. The van der Waals surface area contributed by atoms with Gasteiger partial charge in [0.25, 0.3) is 0 Å². The van der Waals surface area contributed by atoms with Crippen LogP contribution in [0.15, 0.2) is 66.7 Å². The molecule has 0 aromatic heterocycles. The number of aromatic hydroxyl groups is 1. The number of phenolic OH excluding ortho intramolecular Hbond substituents is 1. The number of carbonyl (C=O) groups excluding carboxylic acids is 1. The Morgan fingerprint density at radius 2 is 1.80 bits per heavy atom. The minimum absolute atomic E-state index is 0.0518. The first kappa shape index (κ1) is 32.6. The van der Waals surface area contributed by atoms with E-state index in [1.54, 1.807) is 0 Å². The van der Waals surface area contributed by atoms with Crippen LogP contribution in [-0.4, -0.2) is 59.5 Å². The molecule has 5 aliphatic rings. The van der Waals surface area contributed by atoms with Gasteiger partial charge < -0.3 is 14.6 Å². The lowest BCUT2D eigenvalue weighted by molar-refractivity contribution is -0.154. The Hall–Kier alpha value is -3.55. The van der Waals surface area contributed by atoms with Gasteiger partial charge in [-0.3, -0.25) is 14.5 Å². The van der Waals surface area contributed by atoms with Crippen molar-refractivity contribution in [3.8, 4) is 11.5 Å². The van der Waals surface area contributed by atoms with E-state index >= 15 is 0 Å². The number of benzene rings is 3. The second-order valence-electron chi connectivity index (χ2n) is 16.2. The topological polar surface area (TPSA) is 71.5 Å². The first-order valence-corrected chi connectivity index (χ1v) is 18.7. The molecule has 8 rings (SSSR count). The number of hydroxylamine groups is 1. The Balaban J connectivity index is 1.12. The van der Waals surface area contributed by atoms with E-state index in [-0.39, 0.29) is 29.3 Å². The molecule has 49 heavy (non-hydrogen) atoms. The number of piperidine rings is 1. The molecule has 260 valence electrons. The fourth-order valence-corrected chi connectivity index (χ4v) is 9.69. The maximum Gasteiger partial charge on any atom is 0.306 e. The van der Waals surface area contributed by atoms with Crippen LogP contribution >= 0.6 is 0 Å². The van der Waals surface area contributed by atoms with E-state index in [0.29, 0.717) is 37.2 Å². The first-order valence-electron chi connectivity index (χ1n) is 18.7. The van der Waals surface area contributed by atoms with Gasteiger partial charge >= 0.3 is 5.97 Å². The number of anilines is 1. The predicted molar refractivity (Wildman–Crippen MR) is 191 cm³/mol. The van der Waals surface area contributed by atoms with Crippen molar-refractivity contribution in [1.29, 1.82) is 0 Å². The number of ether oxygens (including phenoxy) is 2. The van der Waals surface area contributed by atoms with Crippen molar-refractivity contribution < 1.29 is 24.2 Å². The molecule has 2 aliphatic heterocycles. The van der Waals surface area contributed by atoms with Gasteiger partial charge in [0.15, 0.2) is 11.5 Å². The third-order valence-electron chi connectivity index (χ3n) is 11.8. The van der Waals surface area contributed by atoms with Gasteiger partial charge in [0.1, 0.15) is 11.7 Å². The first-order chi connectivity index (χ1) is 23.7. The summed E-state index contributed by atoms with van der Waals surface area (Å²) >= 11 is 0. The van der Waals surface area contributed by atoms with Crippen LogP contribution in [0.5, 0.6) is 11.5 Å². The van der Waals surface area contributed by atoms with E-state index < -0.39 is 5.60 Å². The molecule has 7 heteroatoms. The van der Waals surface area contributed by atoms with E-state index in [2.05, 4.69) is 64.6 Å². The molecule has 3 aromatic carbocycles. The molecule has 5 atom stereocenters. The summed E-state index contributed by atoms with van der Waals surface area (Å²) in [5, 5.41) is 13.4. The monoisotopic (exact) mass is 664 g/mol. The molecule has 1 saturated heterocycles. The van der Waals surface area contributed by atoms with Crippen molar-refractivity contribution in [2.24, 2.45) is 11.8 Å². The second-order valence-corrected chi connectivity index (χ2v) is 16.2. The number of hydrogen-bond donors (Lipinski definition) is 1. The molecule has 3 fully saturated rings. The average molecular weight is 665 g/mol. The second kappa shape index (κ2) is 13.0. The number of likely N-dealkylation sites (tertiary alicyclic amines) is 1. The van der Waals surface area contributed by atoms with Crippen LogP contribution in [0.2, 0.25) is 0 Å². The third-order valence-corrected chi connectivity index (χ3v) is 11.8. The van der Waals surface area contributed by atoms with Crippen LogP contribution in [0.1, 0.15) is 88.0 Å². The number of rotatable bonds is 12.